The molecule has 0 fully saturated rings. The first-order valence-corrected chi connectivity index (χ1v) is 6.85. The lowest BCUT2D eigenvalue weighted by Crippen LogP contribution is -2.23. The summed E-state index contributed by atoms with van der Waals surface area (Å²) < 4.78 is 0. The number of aryl methyl sites for hydroxylation is 1. The first-order valence-electron chi connectivity index (χ1n) is 6.04. The molecule has 1 amide bonds. The largest absolute Gasteiger partial charge is 0.362 e. The van der Waals surface area contributed by atoms with E-state index in [0.29, 0.717) is 6.54 Å². The van der Waals surface area contributed by atoms with Gasteiger partial charge in [-0.05, 0) is 25.1 Å². The lowest BCUT2D eigenvalue weighted by atomic mass is 10.2. The number of aromatic nitrogens is 1. The maximum atomic E-state index is 12.0. The lowest BCUT2D eigenvalue weighted by molar-refractivity contribution is 0.0955. The number of carbonyl (C=O) groups is 1. The summed E-state index contributed by atoms with van der Waals surface area (Å²) in [5.74, 6) is 0.844. The fourth-order valence-corrected chi connectivity index (χ4v) is 2.57. The molecule has 4 nitrogen and oxygen atoms in total. The van der Waals surface area contributed by atoms with Gasteiger partial charge in [0.1, 0.15) is 5.82 Å². The van der Waals surface area contributed by atoms with Gasteiger partial charge in [-0.3, -0.25) is 4.79 Å². The van der Waals surface area contributed by atoms with Crippen LogP contribution in [0, 0.1) is 6.92 Å². The molecule has 2 heterocycles. The standard InChI is InChI=1S/C14H17N3OS/c1-10-6-7-12(19-10)14(18)16-9-11-5-4-8-15-13(11)17(2)3/h4-8H,9H2,1-3H3,(H,16,18). The minimum Gasteiger partial charge on any atom is -0.362 e. The number of carbonyl (C=O) groups excluding carboxylic acids is 1. The Morgan fingerprint density at radius 2 is 2.16 bits per heavy atom. The number of nitrogens with one attached hydrogen (secondary N) is 1. The molecular formula is C14H17N3OS. The smallest absolute Gasteiger partial charge is 0.261 e. The summed E-state index contributed by atoms with van der Waals surface area (Å²) >= 11 is 1.50. The van der Waals surface area contributed by atoms with Crippen LogP contribution in [0.1, 0.15) is 20.1 Å². The number of thiophene rings is 1. The van der Waals surface area contributed by atoms with Crippen LogP contribution < -0.4 is 10.2 Å². The van der Waals surface area contributed by atoms with Crippen molar-refractivity contribution >= 4 is 23.1 Å². The normalized spacial score (nSPS) is 10.3. The predicted molar refractivity (Wildman–Crippen MR) is 78.8 cm³/mol. The third-order valence-corrected chi connectivity index (χ3v) is 3.69. The van der Waals surface area contributed by atoms with Gasteiger partial charge < -0.3 is 10.2 Å². The molecule has 0 saturated carbocycles. The lowest BCUT2D eigenvalue weighted by Gasteiger charge is -2.15. The van der Waals surface area contributed by atoms with Crippen molar-refractivity contribution in [2.45, 2.75) is 13.5 Å². The molecule has 0 aromatic carbocycles. The van der Waals surface area contributed by atoms with Crippen LogP contribution in [0.3, 0.4) is 0 Å². The van der Waals surface area contributed by atoms with Crippen LogP contribution in [0.2, 0.25) is 0 Å². The molecule has 0 radical (unpaired) electrons. The zero-order valence-electron chi connectivity index (χ0n) is 11.3. The van der Waals surface area contributed by atoms with E-state index in [0.717, 1.165) is 21.1 Å². The highest BCUT2D eigenvalue weighted by Crippen LogP contribution is 2.16. The second kappa shape index (κ2) is 5.84. The van der Waals surface area contributed by atoms with Gasteiger partial charge in [0.25, 0.3) is 5.91 Å². The average molecular weight is 275 g/mol. The van der Waals surface area contributed by atoms with Gasteiger partial charge in [0.05, 0.1) is 4.88 Å². The van der Waals surface area contributed by atoms with Crippen molar-refractivity contribution in [2.75, 3.05) is 19.0 Å². The summed E-state index contributed by atoms with van der Waals surface area (Å²) in [6.45, 7) is 2.48. The molecule has 0 aliphatic rings. The van der Waals surface area contributed by atoms with E-state index in [-0.39, 0.29) is 5.91 Å². The van der Waals surface area contributed by atoms with E-state index in [4.69, 9.17) is 0 Å². The summed E-state index contributed by atoms with van der Waals surface area (Å²) in [7, 11) is 3.88. The number of nitrogens with zero attached hydrogens (tertiary/aromatic N) is 2. The topological polar surface area (TPSA) is 45.2 Å². The van der Waals surface area contributed by atoms with Crippen LogP contribution in [0.15, 0.2) is 30.5 Å². The highest BCUT2D eigenvalue weighted by atomic mass is 32.1. The van der Waals surface area contributed by atoms with E-state index < -0.39 is 0 Å². The van der Waals surface area contributed by atoms with Gasteiger partial charge in [-0.1, -0.05) is 6.07 Å². The minimum absolute atomic E-state index is 0.0355. The molecule has 1 N–H and O–H groups in total. The molecule has 19 heavy (non-hydrogen) atoms. The molecule has 100 valence electrons. The zero-order chi connectivity index (χ0) is 13.8. The first-order chi connectivity index (χ1) is 9.08. The molecule has 2 aromatic heterocycles. The molecule has 2 rings (SSSR count). The van der Waals surface area contributed by atoms with Crippen molar-refractivity contribution in [3.05, 3.63) is 45.8 Å². The molecule has 0 atom stereocenters. The predicted octanol–water partition coefficient (Wildman–Crippen LogP) is 2.45. The monoisotopic (exact) mass is 275 g/mol. The molecule has 0 bridgehead atoms. The van der Waals surface area contributed by atoms with E-state index in [1.807, 2.05) is 50.2 Å². The number of hydrogen-bond donors (Lipinski definition) is 1. The van der Waals surface area contributed by atoms with Gasteiger partial charge in [-0.15, -0.1) is 11.3 Å². The Bertz CT molecular complexity index is 578. The van der Waals surface area contributed by atoms with Gasteiger partial charge in [-0.25, -0.2) is 4.98 Å². The Morgan fingerprint density at radius 3 is 2.79 bits per heavy atom. The van der Waals surface area contributed by atoms with Gasteiger partial charge in [0.15, 0.2) is 0 Å². The van der Waals surface area contributed by atoms with Crippen molar-refractivity contribution in [1.29, 1.82) is 0 Å². The minimum atomic E-state index is -0.0355. The molecule has 2 aromatic rings. The molecule has 0 aliphatic heterocycles. The van der Waals surface area contributed by atoms with Crippen molar-refractivity contribution in [3.63, 3.8) is 0 Å². The Labute approximate surface area is 117 Å². The summed E-state index contributed by atoms with van der Waals surface area (Å²) in [6, 6.07) is 7.66. The van der Waals surface area contributed by atoms with E-state index in [2.05, 4.69) is 10.3 Å². The van der Waals surface area contributed by atoms with Crippen LogP contribution in [0.5, 0.6) is 0 Å². The van der Waals surface area contributed by atoms with Gasteiger partial charge >= 0.3 is 0 Å². The van der Waals surface area contributed by atoms with Gasteiger partial charge in [0.2, 0.25) is 0 Å². The van der Waals surface area contributed by atoms with Crippen LogP contribution in [-0.4, -0.2) is 25.0 Å². The van der Waals surface area contributed by atoms with Crippen molar-refractivity contribution in [2.24, 2.45) is 0 Å². The fraction of sp³-hybridized carbons (Fsp3) is 0.286. The maximum absolute atomic E-state index is 12.0. The molecular weight excluding hydrogens is 258 g/mol. The quantitative estimate of drug-likeness (QED) is 0.932. The third-order valence-electron chi connectivity index (χ3n) is 2.69. The number of pyridine rings is 1. The van der Waals surface area contributed by atoms with E-state index >= 15 is 0 Å². The molecule has 0 spiro atoms. The van der Waals surface area contributed by atoms with E-state index in [1.165, 1.54) is 11.3 Å². The molecule has 0 unspecified atom stereocenters. The molecule has 0 aliphatic carbocycles. The highest BCUT2D eigenvalue weighted by Gasteiger charge is 2.10. The second-order valence-electron chi connectivity index (χ2n) is 4.47. The number of amides is 1. The van der Waals surface area contributed by atoms with Crippen LogP contribution in [0.25, 0.3) is 0 Å². The average Bonchev–Trinajstić information content (AvgIpc) is 2.83. The number of hydrogen-bond acceptors (Lipinski definition) is 4. The third kappa shape index (κ3) is 3.32. The van der Waals surface area contributed by atoms with Crippen molar-refractivity contribution < 1.29 is 4.79 Å². The summed E-state index contributed by atoms with van der Waals surface area (Å²) in [5, 5.41) is 2.93. The van der Waals surface area contributed by atoms with Crippen molar-refractivity contribution in [1.82, 2.24) is 10.3 Å². The Hall–Kier alpha value is -1.88. The van der Waals surface area contributed by atoms with Crippen LogP contribution in [0.4, 0.5) is 5.82 Å². The van der Waals surface area contributed by atoms with E-state index in [9.17, 15) is 4.79 Å². The molecule has 5 heteroatoms. The van der Waals surface area contributed by atoms with Gasteiger partial charge in [-0.2, -0.15) is 0 Å². The maximum Gasteiger partial charge on any atom is 0.261 e. The first kappa shape index (κ1) is 13.5. The molecule has 0 saturated heterocycles. The Balaban J connectivity index is 2.05. The zero-order valence-corrected chi connectivity index (χ0v) is 12.1. The SMILES string of the molecule is Cc1ccc(C(=O)NCc2cccnc2N(C)C)s1. The van der Waals surface area contributed by atoms with Gasteiger partial charge in [0, 0.05) is 37.3 Å². The summed E-state index contributed by atoms with van der Waals surface area (Å²) in [6.07, 6.45) is 1.75. The summed E-state index contributed by atoms with van der Waals surface area (Å²) in [5.41, 5.74) is 1.01. The Morgan fingerprint density at radius 1 is 1.37 bits per heavy atom. The van der Waals surface area contributed by atoms with E-state index in [1.54, 1.807) is 6.20 Å². The van der Waals surface area contributed by atoms with Crippen LogP contribution >= 0.6 is 11.3 Å². The second-order valence-corrected chi connectivity index (χ2v) is 5.76. The Kier molecular flexibility index (Phi) is 4.16. The summed E-state index contributed by atoms with van der Waals surface area (Å²) in [4.78, 5) is 20.1. The van der Waals surface area contributed by atoms with Crippen molar-refractivity contribution in [3.8, 4) is 0 Å². The van der Waals surface area contributed by atoms with Crippen LogP contribution in [-0.2, 0) is 6.54 Å². The fourth-order valence-electron chi connectivity index (χ4n) is 1.79. The number of rotatable bonds is 4. The highest BCUT2D eigenvalue weighted by molar-refractivity contribution is 7.13. The number of anilines is 1.